The fourth-order valence-corrected chi connectivity index (χ4v) is 4.88. The van der Waals surface area contributed by atoms with Crippen molar-refractivity contribution in [3.05, 3.63) is 34.6 Å². The van der Waals surface area contributed by atoms with Crippen LogP contribution in [0.2, 0.25) is 5.15 Å². The lowest BCUT2D eigenvalue weighted by atomic mass is 10.0. The van der Waals surface area contributed by atoms with Gasteiger partial charge in [0, 0.05) is 32.2 Å². The monoisotopic (exact) mass is 506 g/mol. The molecule has 0 N–H and O–H groups in total. The number of fused-ring (bicyclic) bond motifs is 1. The number of morpholine rings is 1. The average Bonchev–Trinajstić information content (AvgIpc) is 3.19. The van der Waals surface area contributed by atoms with Crippen LogP contribution in [0.15, 0.2) is 18.2 Å². The van der Waals surface area contributed by atoms with Gasteiger partial charge in [0.1, 0.15) is 13.2 Å². The van der Waals surface area contributed by atoms with Gasteiger partial charge in [0.15, 0.2) is 16.7 Å². The van der Waals surface area contributed by atoms with Crippen LogP contribution in [0.1, 0.15) is 71.2 Å². The molecule has 1 aromatic heterocycles. The molecule has 2 aliphatic heterocycles. The van der Waals surface area contributed by atoms with E-state index in [0.717, 1.165) is 94.8 Å². The summed E-state index contributed by atoms with van der Waals surface area (Å²) in [5.74, 6) is 2.66. The van der Waals surface area contributed by atoms with Crippen LogP contribution in [0.4, 0.5) is 5.95 Å². The van der Waals surface area contributed by atoms with Crippen molar-refractivity contribution in [2.24, 2.45) is 0 Å². The SMILES string of the molecule is C.CCCCN(Cc1c(Cl)nc(N2CCOCC2)n1CCCC)C(C)c1ccc2c(c1)OCCO2. The number of halogens is 1. The van der Waals surface area contributed by atoms with E-state index in [-0.39, 0.29) is 13.5 Å². The van der Waals surface area contributed by atoms with Gasteiger partial charge >= 0.3 is 0 Å². The summed E-state index contributed by atoms with van der Waals surface area (Å²) < 4.78 is 19.5. The molecule has 2 aromatic rings. The minimum atomic E-state index is 0. The van der Waals surface area contributed by atoms with Crippen molar-refractivity contribution in [1.29, 1.82) is 0 Å². The molecule has 1 saturated heterocycles. The Morgan fingerprint density at radius 1 is 1.03 bits per heavy atom. The van der Waals surface area contributed by atoms with Crippen LogP contribution in [0, 0.1) is 0 Å². The Hall–Kier alpha value is -1.96. The number of hydrogen-bond acceptors (Lipinski definition) is 6. The maximum absolute atomic E-state index is 6.82. The van der Waals surface area contributed by atoms with Gasteiger partial charge in [-0.05, 0) is 44.0 Å². The number of aromatic nitrogens is 2. The molecule has 2 aliphatic rings. The van der Waals surface area contributed by atoms with Gasteiger partial charge in [-0.3, -0.25) is 4.90 Å². The second-order valence-electron chi connectivity index (χ2n) is 9.16. The Morgan fingerprint density at radius 2 is 1.74 bits per heavy atom. The second-order valence-corrected chi connectivity index (χ2v) is 9.52. The van der Waals surface area contributed by atoms with Crippen molar-refractivity contribution in [2.75, 3.05) is 51.0 Å². The molecule has 4 rings (SSSR count). The lowest BCUT2D eigenvalue weighted by molar-refractivity contribution is 0.121. The van der Waals surface area contributed by atoms with E-state index in [1.54, 1.807) is 0 Å². The van der Waals surface area contributed by atoms with E-state index >= 15 is 0 Å². The summed E-state index contributed by atoms with van der Waals surface area (Å²) in [7, 11) is 0. The zero-order chi connectivity index (χ0) is 23.9. The zero-order valence-electron chi connectivity index (χ0n) is 20.9. The number of benzene rings is 1. The fraction of sp³-hybridized carbons (Fsp3) is 0.667. The molecule has 1 unspecified atom stereocenters. The maximum Gasteiger partial charge on any atom is 0.207 e. The quantitative estimate of drug-likeness (QED) is 0.375. The highest BCUT2D eigenvalue weighted by Crippen LogP contribution is 2.35. The van der Waals surface area contributed by atoms with Crippen molar-refractivity contribution >= 4 is 17.5 Å². The van der Waals surface area contributed by atoms with E-state index in [1.165, 1.54) is 5.56 Å². The van der Waals surface area contributed by atoms with Gasteiger partial charge in [0.2, 0.25) is 5.95 Å². The minimum Gasteiger partial charge on any atom is -0.486 e. The summed E-state index contributed by atoms with van der Waals surface area (Å²) in [5, 5.41) is 0.619. The van der Waals surface area contributed by atoms with Crippen molar-refractivity contribution in [3.63, 3.8) is 0 Å². The highest BCUT2D eigenvalue weighted by atomic mass is 35.5. The molecule has 0 amide bonds. The van der Waals surface area contributed by atoms with Crippen molar-refractivity contribution in [3.8, 4) is 11.5 Å². The third kappa shape index (κ3) is 6.63. The molecule has 0 spiro atoms. The number of hydrogen-bond donors (Lipinski definition) is 0. The van der Waals surface area contributed by atoms with E-state index in [9.17, 15) is 0 Å². The number of rotatable bonds is 11. The molecular formula is C27H43ClN4O3. The van der Waals surface area contributed by atoms with Crippen LogP contribution in [0.5, 0.6) is 11.5 Å². The predicted octanol–water partition coefficient (Wildman–Crippen LogP) is 5.94. The minimum absolute atomic E-state index is 0. The average molecular weight is 507 g/mol. The summed E-state index contributed by atoms with van der Waals surface area (Å²) in [4.78, 5) is 9.68. The van der Waals surface area contributed by atoms with Gasteiger partial charge in [-0.1, -0.05) is 51.8 Å². The predicted molar refractivity (Wildman–Crippen MR) is 143 cm³/mol. The smallest absolute Gasteiger partial charge is 0.207 e. The van der Waals surface area contributed by atoms with Crippen LogP contribution in [0.3, 0.4) is 0 Å². The first kappa shape index (κ1) is 27.6. The second kappa shape index (κ2) is 13.4. The van der Waals surface area contributed by atoms with E-state index in [0.29, 0.717) is 18.4 Å². The molecule has 196 valence electrons. The molecule has 8 heteroatoms. The number of anilines is 1. The highest BCUT2D eigenvalue weighted by Gasteiger charge is 2.26. The normalized spacial score (nSPS) is 16.3. The van der Waals surface area contributed by atoms with Gasteiger partial charge in [-0.2, -0.15) is 0 Å². The first-order valence-electron chi connectivity index (χ1n) is 12.8. The van der Waals surface area contributed by atoms with Crippen molar-refractivity contribution in [2.45, 2.75) is 73.0 Å². The zero-order valence-corrected chi connectivity index (χ0v) is 21.6. The van der Waals surface area contributed by atoms with Gasteiger partial charge in [-0.15, -0.1) is 0 Å². The van der Waals surface area contributed by atoms with Crippen LogP contribution >= 0.6 is 11.6 Å². The van der Waals surface area contributed by atoms with Crippen LogP contribution in [-0.4, -0.2) is 60.5 Å². The number of unbranched alkanes of at least 4 members (excludes halogenated alkanes) is 2. The Balaban J connectivity index is 0.00000342. The van der Waals surface area contributed by atoms with Crippen molar-refractivity contribution in [1.82, 2.24) is 14.5 Å². The Morgan fingerprint density at radius 3 is 2.46 bits per heavy atom. The van der Waals surface area contributed by atoms with Gasteiger partial charge in [-0.25, -0.2) is 4.98 Å². The summed E-state index contributed by atoms with van der Waals surface area (Å²) >= 11 is 6.82. The van der Waals surface area contributed by atoms with E-state index in [1.807, 2.05) is 6.07 Å². The number of imidazole rings is 1. The van der Waals surface area contributed by atoms with Gasteiger partial charge < -0.3 is 23.7 Å². The first-order chi connectivity index (χ1) is 16.6. The Kier molecular flexibility index (Phi) is 10.6. The summed E-state index contributed by atoms with van der Waals surface area (Å²) in [6.45, 7) is 13.8. The molecule has 1 atom stereocenters. The van der Waals surface area contributed by atoms with Gasteiger partial charge in [0.05, 0.1) is 18.9 Å². The van der Waals surface area contributed by atoms with E-state index in [2.05, 4.69) is 47.3 Å². The van der Waals surface area contributed by atoms with E-state index < -0.39 is 0 Å². The van der Waals surface area contributed by atoms with Crippen LogP contribution < -0.4 is 14.4 Å². The topological polar surface area (TPSA) is 52.0 Å². The molecule has 1 fully saturated rings. The Bertz CT molecular complexity index is 929. The first-order valence-corrected chi connectivity index (χ1v) is 13.2. The largest absolute Gasteiger partial charge is 0.486 e. The molecule has 7 nitrogen and oxygen atoms in total. The molecule has 0 bridgehead atoms. The molecule has 35 heavy (non-hydrogen) atoms. The Labute approximate surface area is 216 Å². The standard InChI is InChI=1S/C26H39ClN4O3.CH4/c1-4-6-10-30(20(3)21-8-9-23-24(18-21)34-17-16-33-23)19-22-25(27)28-26(31(22)11-7-5-2)29-12-14-32-15-13-29;/h8-9,18,20H,4-7,10-17,19H2,1-3H3;1H4. The van der Waals surface area contributed by atoms with E-state index in [4.69, 9.17) is 30.8 Å². The van der Waals surface area contributed by atoms with Crippen LogP contribution in [-0.2, 0) is 17.8 Å². The van der Waals surface area contributed by atoms with Gasteiger partial charge in [0.25, 0.3) is 0 Å². The van der Waals surface area contributed by atoms with Crippen molar-refractivity contribution < 1.29 is 14.2 Å². The molecular weight excluding hydrogens is 464 g/mol. The molecule has 3 heterocycles. The van der Waals surface area contributed by atoms with Crippen LogP contribution in [0.25, 0.3) is 0 Å². The summed E-state index contributed by atoms with van der Waals surface area (Å²) in [5.41, 5.74) is 2.33. The third-order valence-corrected chi connectivity index (χ3v) is 7.08. The molecule has 0 saturated carbocycles. The lowest BCUT2D eigenvalue weighted by Gasteiger charge is -2.32. The summed E-state index contributed by atoms with van der Waals surface area (Å²) in [6, 6.07) is 6.53. The maximum atomic E-state index is 6.82. The molecule has 1 aromatic carbocycles. The third-order valence-electron chi connectivity index (χ3n) is 6.78. The molecule has 0 radical (unpaired) electrons. The highest BCUT2D eigenvalue weighted by molar-refractivity contribution is 6.30. The fourth-order valence-electron chi connectivity index (χ4n) is 4.65. The molecule has 0 aliphatic carbocycles. The number of nitrogens with zero attached hydrogens (tertiary/aromatic N) is 4. The number of ether oxygens (including phenoxy) is 3. The lowest BCUT2D eigenvalue weighted by Crippen LogP contribution is -2.38. The summed E-state index contributed by atoms with van der Waals surface area (Å²) in [6.07, 6.45) is 4.51.